The third-order valence-electron chi connectivity index (χ3n) is 2.08. The quantitative estimate of drug-likeness (QED) is 0.765. The highest BCUT2D eigenvalue weighted by Crippen LogP contribution is 2.25. The number of aliphatic hydroxyl groups excluding tert-OH is 1. The summed E-state index contributed by atoms with van der Waals surface area (Å²) in [6.45, 7) is -0.317. The second-order valence-electron chi connectivity index (χ2n) is 2.98. The van der Waals surface area contributed by atoms with Crippen molar-refractivity contribution in [3.63, 3.8) is 0 Å². The van der Waals surface area contributed by atoms with Crippen LogP contribution >= 0.6 is 0 Å². The first-order valence-corrected chi connectivity index (χ1v) is 4.48. The molecule has 0 saturated carbocycles. The molecule has 0 heterocycles. The van der Waals surface area contributed by atoms with Gasteiger partial charge in [-0.1, -0.05) is 0 Å². The van der Waals surface area contributed by atoms with Gasteiger partial charge in [-0.3, -0.25) is 0 Å². The third kappa shape index (κ3) is 2.12. The molecule has 0 saturated heterocycles. The van der Waals surface area contributed by atoms with Gasteiger partial charge in [0.25, 0.3) is 0 Å². The predicted molar refractivity (Wildman–Crippen MR) is 55.0 cm³/mol. The number of hydrogen-bond acceptors (Lipinski definition) is 5. The number of ether oxygens (including phenoxy) is 2. The number of carbonyl (C=O) groups is 1. The Hall–Kier alpha value is -2.06. The second-order valence-corrected chi connectivity index (χ2v) is 2.98. The first-order chi connectivity index (χ1) is 7.67. The van der Waals surface area contributed by atoms with Crippen LogP contribution in [-0.4, -0.2) is 25.3 Å². The van der Waals surface area contributed by atoms with Crippen molar-refractivity contribution in [2.24, 2.45) is 0 Å². The van der Waals surface area contributed by atoms with Gasteiger partial charge in [-0.2, -0.15) is 5.26 Å². The maximum Gasteiger partial charge on any atom is 0.337 e. The van der Waals surface area contributed by atoms with Crippen LogP contribution < -0.4 is 4.74 Å². The van der Waals surface area contributed by atoms with Crippen LogP contribution in [0.2, 0.25) is 0 Å². The lowest BCUT2D eigenvalue weighted by molar-refractivity contribution is 0.0600. The van der Waals surface area contributed by atoms with E-state index in [1.54, 1.807) is 0 Å². The van der Waals surface area contributed by atoms with E-state index >= 15 is 0 Å². The lowest BCUT2D eigenvalue weighted by Gasteiger charge is -2.09. The van der Waals surface area contributed by atoms with Crippen molar-refractivity contribution in [3.8, 4) is 11.8 Å². The van der Waals surface area contributed by atoms with Crippen molar-refractivity contribution < 1.29 is 19.4 Å². The van der Waals surface area contributed by atoms with E-state index in [9.17, 15) is 4.79 Å². The molecule has 16 heavy (non-hydrogen) atoms. The largest absolute Gasteiger partial charge is 0.495 e. The lowest BCUT2D eigenvalue weighted by atomic mass is 10.0. The number of esters is 1. The normalized spacial score (nSPS) is 9.38. The van der Waals surface area contributed by atoms with Gasteiger partial charge in [0.05, 0.1) is 32.0 Å². The van der Waals surface area contributed by atoms with Gasteiger partial charge in [0, 0.05) is 5.56 Å². The molecular weight excluding hydrogens is 210 g/mol. The molecule has 0 bridgehead atoms. The zero-order valence-electron chi connectivity index (χ0n) is 8.98. The number of methoxy groups -OCH3 is 2. The van der Waals surface area contributed by atoms with Crippen LogP contribution in [0.15, 0.2) is 12.1 Å². The highest BCUT2D eigenvalue weighted by molar-refractivity contribution is 5.90. The molecule has 0 radical (unpaired) electrons. The van der Waals surface area contributed by atoms with Gasteiger partial charge in [-0.05, 0) is 12.1 Å². The van der Waals surface area contributed by atoms with Crippen molar-refractivity contribution in [2.45, 2.75) is 6.61 Å². The summed E-state index contributed by atoms with van der Waals surface area (Å²) in [4.78, 5) is 11.3. The predicted octanol–water partition coefficient (Wildman–Crippen LogP) is 0.846. The molecule has 1 N–H and O–H groups in total. The van der Waals surface area contributed by atoms with Crippen LogP contribution in [0.3, 0.4) is 0 Å². The van der Waals surface area contributed by atoms with Crippen LogP contribution in [0.1, 0.15) is 21.5 Å². The van der Waals surface area contributed by atoms with Crippen molar-refractivity contribution in [1.29, 1.82) is 5.26 Å². The summed E-state index contributed by atoms with van der Waals surface area (Å²) < 4.78 is 9.53. The molecule has 0 aliphatic rings. The number of carbonyl (C=O) groups excluding carboxylic acids is 1. The molecule has 0 amide bonds. The summed E-state index contributed by atoms with van der Waals surface area (Å²) in [6.07, 6.45) is 0. The Bertz CT molecular complexity index is 448. The molecule has 0 aliphatic heterocycles. The lowest BCUT2D eigenvalue weighted by Crippen LogP contribution is -2.05. The van der Waals surface area contributed by atoms with E-state index in [4.69, 9.17) is 15.1 Å². The van der Waals surface area contributed by atoms with E-state index in [1.165, 1.54) is 26.4 Å². The molecule has 1 rings (SSSR count). The Kier molecular flexibility index (Phi) is 3.86. The van der Waals surface area contributed by atoms with E-state index in [0.717, 1.165) is 0 Å². The summed E-state index contributed by atoms with van der Waals surface area (Å²) in [5.74, 6) is -0.286. The van der Waals surface area contributed by atoms with Gasteiger partial charge in [0.15, 0.2) is 0 Å². The zero-order valence-corrected chi connectivity index (χ0v) is 8.98. The smallest absolute Gasteiger partial charge is 0.337 e. The third-order valence-corrected chi connectivity index (χ3v) is 2.08. The maximum atomic E-state index is 11.3. The van der Waals surface area contributed by atoms with Gasteiger partial charge >= 0.3 is 5.97 Å². The highest BCUT2D eigenvalue weighted by atomic mass is 16.5. The number of nitrogens with zero attached hydrogens (tertiary/aromatic N) is 1. The minimum Gasteiger partial charge on any atom is -0.495 e. The van der Waals surface area contributed by atoms with Gasteiger partial charge in [0.1, 0.15) is 11.8 Å². The van der Waals surface area contributed by atoms with Gasteiger partial charge in [0.2, 0.25) is 0 Å². The number of aliphatic hydroxyl groups is 1. The second kappa shape index (κ2) is 5.14. The Morgan fingerprint density at radius 2 is 2.19 bits per heavy atom. The van der Waals surface area contributed by atoms with Crippen molar-refractivity contribution in [3.05, 3.63) is 28.8 Å². The molecular formula is C11H11NO4. The summed E-state index contributed by atoms with van der Waals surface area (Å²) in [5.41, 5.74) is 0.778. The van der Waals surface area contributed by atoms with E-state index in [0.29, 0.717) is 5.56 Å². The minimum atomic E-state index is -0.561. The molecule has 5 heteroatoms. The Labute approximate surface area is 92.8 Å². The fourth-order valence-electron chi connectivity index (χ4n) is 1.37. The molecule has 0 aromatic heterocycles. The fourth-order valence-corrected chi connectivity index (χ4v) is 1.37. The van der Waals surface area contributed by atoms with Crippen LogP contribution in [0, 0.1) is 11.3 Å². The number of hydrogen-bond donors (Lipinski definition) is 1. The Morgan fingerprint density at radius 1 is 1.50 bits per heavy atom. The zero-order chi connectivity index (χ0) is 12.1. The van der Waals surface area contributed by atoms with E-state index < -0.39 is 5.97 Å². The maximum absolute atomic E-state index is 11.3. The molecule has 0 spiro atoms. The monoisotopic (exact) mass is 221 g/mol. The van der Waals surface area contributed by atoms with Gasteiger partial charge < -0.3 is 14.6 Å². The molecule has 1 aromatic rings. The molecule has 1 aromatic carbocycles. The highest BCUT2D eigenvalue weighted by Gasteiger charge is 2.15. The summed E-state index contributed by atoms with van der Waals surface area (Å²) >= 11 is 0. The number of rotatable bonds is 3. The molecule has 0 aliphatic carbocycles. The van der Waals surface area contributed by atoms with Crippen LogP contribution in [0.5, 0.6) is 5.75 Å². The standard InChI is InChI=1S/C11H11NO4/c1-15-10-8(5-12)3-7(11(14)16-2)4-9(10)6-13/h3-4,13H,6H2,1-2H3. The molecule has 84 valence electrons. The summed E-state index contributed by atoms with van der Waals surface area (Å²) in [5, 5.41) is 18.0. The first-order valence-electron chi connectivity index (χ1n) is 4.48. The molecule has 5 nitrogen and oxygen atoms in total. The molecule has 0 fully saturated rings. The van der Waals surface area contributed by atoms with Crippen LogP contribution in [-0.2, 0) is 11.3 Å². The van der Waals surface area contributed by atoms with Crippen molar-refractivity contribution in [1.82, 2.24) is 0 Å². The fraction of sp³-hybridized carbons (Fsp3) is 0.273. The minimum absolute atomic E-state index is 0.189. The average molecular weight is 221 g/mol. The van der Waals surface area contributed by atoms with Gasteiger partial charge in [-0.25, -0.2) is 4.79 Å². The van der Waals surface area contributed by atoms with E-state index in [2.05, 4.69) is 4.74 Å². The van der Waals surface area contributed by atoms with E-state index in [1.807, 2.05) is 6.07 Å². The van der Waals surface area contributed by atoms with Crippen molar-refractivity contribution >= 4 is 5.97 Å². The number of nitriles is 1. The van der Waals surface area contributed by atoms with E-state index in [-0.39, 0.29) is 23.5 Å². The summed E-state index contributed by atoms with van der Waals surface area (Å²) in [6, 6.07) is 4.70. The Balaban J connectivity index is 3.38. The topological polar surface area (TPSA) is 79.6 Å². The van der Waals surface area contributed by atoms with Crippen molar-refractivity contribution in [2.75, 3.05) is 14.2 Å². The SMILES string of the molecule is COC(=O)c1cc(C#N)c(OC)c(CO)c1. The van der Waals surface area contributed by atoms with Crippen LogP contribution in [0.4, 0.5) is 0 Å². The summed E-state index contributed by atoms with van der Waals surface area (Å²) in [7, 11) is 2.64. The first kappa shape index (κ1) is 12.0. The average Bonchev–Trinajstić information content (AvgIpc) is 2.35. The van der Waals surface area contributed by atoms with Gasteiger partial charge in [-0.15, -0.1) is 0 Å². The molecule has 0 atom stereocenters. The Morgan fingerprint density at radius 3 is 2.62 bits per heavy atom. The number of benzene rings is 1. The molecule has 0 unspecified atom stereocenters. The van der Waals surface area contributed by atoms with Crippen LogP contribution in [0.25, 0.3) is 0 Å².